The van der Waals surface area contributed by atoms with Gasteiger partial charge in [-0.2, -0.15) is 4.31 Å². The van der Waals surface area contributed by atoms with Crippen LogP contribution >= 0.6 is 0 Å². The molecule has 5 nitrogen and oxygen atoms in total. The minimum Gasteiger partial charge on any atom is -0.346 e. The predicted molar refractivity (Wildman–Crippen MR) is 86.9 cm³/mol. The van der Waals surface area contributed by atoms with Gasteiger partial charge in [0.1, 0.15) is 4.90 Å². The second-order valence-electron chi connectivity index (χ2n) is 5.45. The van der Waals surface area contributed by atoms with Crippen LogP contribution < -0.4 is 5.32 Å². The lowest BCUT2D eigenvalue weighted by Gasteiger charge is -2.18. The Hall–Kier alpha value is -0.850. The highest BCUT2D eigenvalue weighted by Crippen LogP contribution is 2.22. The van der Waals surface area contributed by atoms with Crippen LogP contribution in [0.25, 0.3) is 0 Å². The first-order valence-electron chi connectivity index (χ1n) is 7.80. The van der Waals surface area contributed by atoms with Crippen molar-refractivity contribution in [3.8, 4) is 0 Å². The molecule has 21 heavy (non-hydrogen) atoms. The van der Waals surface area contributed by atoms with Crippen LogP contribution in [-0.2, 0) is 16.6 Å². The monoisotopic (exact) mass is 315 g/mol. The number of nitrogens with one attached hydrogen (secondary N) is 1. The lowest BCUT2D eigenvalue weighted by atomic mass is 10.3. The summed E-state index contributed by atoms with van der Waals surface area (Å²) < 4.78 is 29.0. The summed E-state index contributed by atoms with van der Waals surface area (Å²) in [5.41, 5.74) is 1.01. The van der Waals surface area contributed by atoms with E-state index in [4.69, 9.17) is 0 Å². The van der Waals surface area contributed by atoms with Gasteiger partial charge in [0.15, 0.2) is 0 Å². The van der Waals surface area contributed by atoms with Crippen LogP contribution in [0.4, 0.5) is 0 Å². The van der Waals surface area contributed by atoms with Crippen molar-refractivity contribution < 1.29 is 8.42 Å². The third-order valence-electron chi connectivity index (χ3n) is 3.48. The molecule has 0 aromatic carbocycles. The number of sulfonamides is 1. The van der Waals surface area contributed by atoms with Crippen molar-refractivity contribution in [3.05, 3.63) is 18.0 Å². The molecule has 0 aliphatic rings. The van der Waals surface area contributed by atoms with Gasteiger partial charge in [-0.3, -0.25) is 0 Å². The maximum Gasteiger partial charge on any atom is 0.244 e. The van der Waals surface area contributed by atoms with E-state index in [2.05, 4.69) is 19.2 Å². The van der Waals surface area contributed by atoms with E-state index in [9.17, 15) is 8.42 Å². The average Bonchev–Trinajstić information content (AvgIpc) is 2.87. The van der Waals surface area contributed by atoms with E-state index < -0.39 is 10.0 Å². The first kappa shape index (κ1) is 18.2. The number of hydrogen-bond acceptors (Lipinski definition) is 3. The van der Waals surface area contributed by atoms with Gasteiger partial charge in [-0.05, 0) is 32.9 Å². The molecule has 1 aromatic rings. The van der Waals surface area contributed by atoms with Crippen LogP contribution in [0.3, 0.4) is 0 Å². The Labute approximate surface area is 129 Å². The van der Waals surface area contributed by atoms with Gasteiger partial charge in [-0.1, -0.05) is 20.8 Å². The molecule has 0 unspecified atom stereocenters. The maximum atomic E-state index is 12.7. The molecule has 122 valence electrons. The Bertz CT molecular complexity index is 535. The molecule has 1 heterocycles. The predicted octanol–water partition coefficient (Wildman–Crippen LogP) is 2.60. The normalized spacial score (nSPS) is 12.5. The Morgan fingerprint density at radius 2 is 1.95 bits per heavy atom. The fourth-order valence-electron chi connectivity index (χ4n) is 2.36. The molecular weight excluding hydrogens is 286 g/mol. The van der Waals surface area contributed by atoms with Crippen molar-refractivity contribution in [2.24, 2.45) is 0 Å². The fourth-order valence-corrected chi connectivity index (χ4v) is 3.95. The molecule has 0 aliphatic carbocycles. The third-order valence-corrected chi connectivity index (χ3v) is 5.42. The SMILES string of the molecule is CCCN(CC)S(=O)(=O)c1cc(CNCC)n(C(C)C)c1. The van der Waals surface area contributed by atoms with E-state index in [0.29, 0.717) is 24.5 Å². The zero-order valence-corrected chi connectivity index (χ0v) is 14.7. The molecular formula is C15H29N3O2S. The summed E-state index contributed by atoms with van der Waals surface area (Å²) in [4.78, 5) is 0.402. The van der Waals surface area contributed by atoms with Crippen LogP contribution in [-0.4, -0.2) is 36.9 Å². The van der Waals surface area contributed by atoms with Gasteiger partial charge < -0.3 is 9.88 Å². The van der Waals surface area contributed by atoms with E-state index in [1.165, 1.54) is 0 Å². The van der Waals surface area contributed by atoms with Crippen LogP contribution in [0, 0.1) is 0 Å². The van der Waals surface area contributed by atoms with Crippen molar-refractivity contribution in [1.82, 2.24) is 14.2 Å². The van der Waals surface area contributed by atoms with E-state index in [1.54, 1.807) is 16.6 Å². The van der Waals surface area contributed by atoms with Gasteiger partial charge in [-0.25, -0.2) is 8.42 Å². The van der Waals surface area contributed by atoms with Gasteiger partial charge in [0.25, 0.3) is 0 Å². The quantitative estimate of drug-likeness (QED) is 0.762. The fraction of sp³-hybridized carbons (Fsp3) is 0.733. The Morgan fingerprint density at radius 3 is 2.43 bits per heavy atom. The largest absolute Gasteiger partial charge is 0.346 e. The smallest absolute Gasteiger partial charge is 0.244 e. The highest BCUT2D eigenvalue weighted by molar-refractivity contribution is 7.89. The topological polar surface area (TPSA) is 54.3 Å². The van der Waals surface area contributed by atoms with Crippen molar-refractivity contribution in [1.29, 1.82) is 0 Å². The van der Waals surface area contributed by atoms with E-state index in [1.807, 2.05) is 25.3 Å². The van der Waals surface area contributed by atoms with Gasteiger partial charge >= 0.3 is 0 Å². The lowest BCUT2D eigenvalue weighted by Crippen LogP contribution is -2.31. The molecule has 0 bridgehead atoms. The van der Waals surface area contributed by atoms with Gasteiger partial charge in [0.2, 0.25) is 10.0 Å². The number of nitrogens with zero attached hydrogens (tertiary/aromatic N) is 2. The Balaban J connectivity index is 3.17. The summed E-state index contributed by atoms with van der Waals surface area (Å²) in [6.45, 7) is 12.7. The Morgan fingerprint density at radius 1 is 1.29 bits per heavy atom. The third kappa shape index (κ3) is 4.31. The molecule has 0 saturated carbocycles. The van der Waals surface area contributed by atoms with E-state index >= 15 is 0 Å². The van der Waals surface area contributed by atoms with Gasteiger partial charge in [-0.15, -0.1) is 0 Å². The minimum absolute atomic E-state index is 0.240. The average molecular weight is 315 g/mol. The highest BCUT2D eigenvalue weighted by Gasteiger charge is 2.25. The van der Waals surface area contributed by atoms with Crippen molar-refractivity contribution >= 4 is 10.0 Å². The molecule has 0 saturated heterocycles. The van der Waals surface area contributed by atoms with Crippen LogP contribution in [0.15, 0.2) is 17.2 Å². The summed E-state index contributed by atoms with van der Waals surface area (Å²) in [5.74, 6) is 0. The lowest BCUT2D eigenvalue weighted by molar-refractivity contribution is 0.427. The highest BCUT2D eigenvalue weighted by atomic mass is 32.2. The molecule has 6 heteroatoms. The molecule has 1 N–H and O–H groups in total. The van der Waals surface area contributed by atoms with Crippen molar-refractivity contribution in [2.75, 3.05) is 19.6 Å². The molecule has 0 spiro atoms. The molecule has 0 aliphatic heterocycles. The molecule has 0 radical (unpaired) electrons. The second-order valence-corrected chi connectivity index (χ2v) is 7.38. The molecule has 1 rings (SSSR count). The second kappa shape index (κ2) is 7.96. The van der Waals surface area contributed by atoms with Crippen molar-refractivity contribution in [3.63, 3.8) is 0 Å². The van der Waals surface area contributed by atoms with E-state index in [-0.39, 0.29) is 6.04 Å². The maximum absolute atomic E-state index is 12.7. The zero-order valence-electron chi connectivity index (χ0n) is 13.9. The summed E-state index contributed by atoms with van der Waals surface area (Å²) in [6.07, 6.45) is 2.59. The van der Waals surface area contributed by atoms with Crippen LogP contribution in [0.2, 0.25) is 0 Å². The summed E-state index contributed by atoms with van der Waals surface area (Å²) in [6, 6.07) is 2.04. The van der Waals surface area contributed by atoms with Crippen molar-refractivity contribution in [2.45, 2.75) is 58.5 Å². The molecule has 0 atom stereocenters. The molecule has 0 fully saturated rings. The first-order valence-corrected chi connectivity index (χ1v) is 9.24. The number of rotatable bonds is 9. The van der Waals surface area contributed by atoms with E-state index in [0.717, 1.165) is 18.7 Å². The summed E-state index contributed by atoms with van der Waals surface area (Å²) in [5, 5.41) is 3.26. The minimum atomic E-state index is -3.39. The van der Waals surface area contributed by atoms with Gasteiger partial charge in [0, 0.05) is 37.6 Å². The summed E-state index contributed by atoms with van der Waals surface area (Å²) >= 11 is 0. The molecule has 1 aromatic heterocycles. The summed E-state index contributed by atoms with van der Waals surface area (Å²) in [7, 11) is -3.39. The molecule has 0 amide bonds. The van der Waals surface area contributed by atoms with Gasteiger partial charge in [0.05, 0.1) is 0 Å². The van der Waals surface area contributed by atoms with Crippen LogP contribution in [0.1, 0.15) is 52.8 Å². The number of hydrogen-bond donors (Lipinski definition) is 1. The zero-order chi connectivity index (χ0) is 16.0. The first-order chi connectivity index (χ1) is 9.88. The standard InChI is InChI=1S/C15H29N3O2S/c1-6-9-17(8-3)21(19,20)15-10-14(11-16-7-2)18(12-15)13(4)5/h10,12-13,16H,6-9,11H2,1-5H3. The number of aromatic nitrogens is 1. The van der Waals surface area contributed by atoms with Crippen LogP contribution in [0.5, 0.6) is 0 Å². The Kier molecular flexibility index (Phi) is 6.90.